The highest BCUT2D eigenvalue weighted by Crippen LogP contribution is 2.25. The van der Waals surface area contributed by atoms with Gasteiger partial charge >= 0.3 is 0 Å². The second kappa shape index (κ2) is 5.63. The molecule has 1 atom stereocenters. The highest BCUT2D eigenvalue weighted by atomic mass is 16.3. The van der Waals surface area contributed by atoms with E-state index in [2.05, 4.69) is 26.1 Å². The summed E-state index contributed by atoms with van der Waals surface area (Å²) in [6, 6.07) is 5.88. The average molecular weight is 249 g/mol. The van der Waals surface area contributed by atoms with Gasteiger partial charge < -0.3 is 10.4 Å². The first-order valence-electron chi connectivity index (χ1n) is 6.25. The van der Waals surface area contributed by atoms with Gasteiger partial charge in [-0.05, 0) is 36.6 Å². The van der Waals surface area contributed by atoms with Crippen LogP contribution >= 0.6 is 0 Å². The summed E-state index contributed by atoms with van der Waals surface area (Å²) in [4.78, 5) is 12.1. The van der Waals surface area contributed by atoms with E-state index in [1.807, 2.05) is 25.1 Å². The van der Waals surface area contributed by atoms with Crippen molar-refractivity contribution in [2.75, 3.05) is 13.6 Å². The Morgan fingerprint density at radius 2 is 2.00 bits per heavy atom. The number of aliphatic hydroxyl groups is 1. The maximum absolute atomic E-state index is 12.1. The molecule has 0 aliphatic rings. The maximum atomic E-state index is 12.1. The van der Waals surface area contributed by atoms with Crippen LogP contribution < -0.4 is 5.32 Å². The number of hydrogen-bond donors (Lipinski definition) is 2. The summed E-state index contributed by atoms with van der Waals surface area (Å²) < 4.78 is 0. The second-order valence-corrected chi connectivity index (χ2v) is 5.72. The molecule has 0 fully saturated rings. The van der Waals surface area contributed by atoms with Crippen LogP contribution in [-0.2, 0) is 5.41 Å². The number of carbonyl (C=O) groups is 1. The van der Waals surface area contributed by atoms with Crippen LogP contribution in [0, 0.1) is 6.92 Å². The molecular weight excluding hydrogens is 226 g/mol. The minimum atomic E-state index is -0.982. The Kier molecular flexibility index (Phi) is 4.65. The van der Waals surface area contributed by atoms with Gasteiger partial charge in [0.05, 0.1) is 0 Å². The van der Waals surface area contributed by atoms with Crippen LogP contribution in [-0.4, -0.2) is 30.6 Å². The Labute approximate surface area is 109 Å². The molecule has 0 saturated heterocycles. The van der Waals surface area contributed by atoms with E-state index < -0.39 is 6.10 Å². The predicted molar refractivity (Wildman–Crippen MR) is 74.1 cm³/mol. The molecule has 0 amide bonds. The fraction of sp³-hybridized carbons (Fsp3) is 0.533. The molecule has 1 unspecified atom stereocenters. The quantitative estimate of drug-likeness (QED) is 0.803. The van der Waals surface area contributed by atoms with Gasteiger partial charge in [0.25, 0.3) is 0 Å². The van der Waals surface area contributed by atoms with E-state index in [0.29, 0.717) is 5.56 Å². The van der Waals surface area contributed by atoms with Crippen LogP contribution in [0.4, 0.5) is 0 Å². The summed E-state index contributed by atoms with van der Waals surface area (Å²) in [6.07, 6.45) is -0.982. The molecule has 1 aromatic rings. The van der Waals surface area contributed by atoms with Crippen LogP contribution in [0.2, 0.25) is 0 Å². The smallest absolute Gasteiger partial charge is 0.192 e. The first-order chi connectivity index (χ1) is 8.27. The van der Waals surface area contributed by atoms with Crippen molar-refractivity contribution in [1.29, 1.82) is 0 Å². The van der Waals surface area contributed by atoms with Gasteiger partial charge in [0.2, 0.25) is 0 Å². The van der Waals surface area contributed by atoms with E-state index in [4.69, 9.17) is 0 Å². The average Bonchev–Trinajstić information content (AvgIpc) is 2.27. The zero-order valence-electron chi connectivity index (χ0n) is 11.9. The van der Waals surface area contributed by atoms with Crippen LogP contribution in [0.5, 0.6) is 0 Å². The van der Waals surface area contributed by atoms with Crippen molar-refractivity contribution in [2.24, 2.45) is 0 Å². The SMILES string of the molecule is CNCC(O)C(=O)c1cc(C(C)(C)C)ccc1C. The number of Topliss-reactive ketones (excluding diaryl/α,β-unsaturated/α-hetero) is 1. The zero-order valence-corrected chi connectivity index (χ0v) is 11.9. The molecule has 0 bridgehead atoms. The lowest BCUT2D eigenvalue weighted by Crippen LogP contribution is -2.32. The van der Waals surface area contributed by atoms with E-state index in [1.165, 1.54) is 0 Å². The Balaban J connectivity index is 3.12. The third-order valence-corrected chi connectivity index (χ3v) is 3.07. The van der Waals surface area contributed by atoms with Crippen LogP contribution in [0.1, 0.15) is 42.3 Å². The third-order valence-electron chi connectivity index (χ3n) is 3.07. The summed E-state index contributed by atoms with van der Waals surface area (Å²) in [6.45, 7) is 8.49. The lowest BCUT2D eigenvalue weighted by Gasteiger charge is -2.21. The summed E-state index contributed by atoms with van der Waals surface area (Å²) in [5, 5.41) is 12.6. The largest absolute Gasteiger partial charge is 0.384 e. The molecule has 0 spiro atoms. The molecule has 3 heteroatoms. The maximum Gasteiger partial charge on any atom is 0.192 e. The first kappa shape index (κ1) is 14.9. The van der Waals surface area contributed by atoms with Gasteiger partial charge in [0.1, 0.15) is 6.10 Å². The highest BCUT2D eigenvalue weighted by molar-refractivity contribution is 6.00. The number of carbonyl (C=O) groups excluding carboxylic acids is 1. The van der Waals surface area contributed by atoms with Gasteiger partial charge in [-0.3, -0.25) is 4.79 Å². The number of rotatable bonds is 4. The second-order valence-electron chi connectivity index (χ2n) is 5.72. The lowest BCUT2D eigenvalue weighted by molar-refractivity contribution is 0.0749. The third kappa shape index (κ3) is 3.40. The van der Waals surface area contributed by atoms with Gasteiger partial charge in [0.15, 0.2) is 5.78 Å². The molecule has 1 rings (SSSR count). The molecule has 3 nitrogen and oxygen atoms in total. The Morgan fingerprint density at radius 3 is 2.50 bits per heavy atom. The van der Waals surface area contributed by atoms with Crippen molar-refractivity contribution in [1.82, 2.24) is 5.32 Å². The Bertz CT molecular complexity index is 433. The molecule has 1 aromatic carbocycles. The van der Waals surface area contributed by atoms with Gasteiger partial charge in [-0.2, -0.15) is 0 Å². The van der Waals surface area contributed by atoms with Gasteiger partial charge in [-0.25, -0.2) is 0 Å². The van der Waals surface area contributed by atoms with Gasteiger partial charge in [-0.1, -0.05) is 32.9 Å². The minimum absolute atomic E-state index is 0.00329. The summed E-state index contributed by atoms with van der Waals surface area (Å²) in [5.41, 5.74) is 2.62. The number of ketones is 1. The van der Waals surface area contributed by atoms with Gasteiger partial charge in [0, 0.05) is 12.1 Å². The van der Waals surface area contributed by atoms with Crippen molar-refractivity contribution >= 4 is 5.78 Å². The van der Waals surface area contributed by atoms with Gasteiger partial charge in [-0.15, -0.1) is 0 Å². The van der Waals surface area contributed by atoms with Crippen molar-refractivity contribution in [2.45, 2.75) is 39.2 Å². The highest BCUT2D eigenvalue weighted by Gasteiger charge is 2.21. The van der Waals surface area contributed by atoms with E-state index in [-0.39, 0.29) is 17.7 Å². The Hall–Kier alpha value is -1.19. The summed E-state index contributed by atoms with van der Waals surface area (Å²) in [5.74, 6) is -0.215. The number of nitrogens with one attached hydrogen (secondary N) is 1. The molecule has 18 heavy (non-hydrogen) atoms. The van der Waals surface area contributed by atoms with E-state index in [1.54, 1.807) is 7.05 Å². The normalized spacial score (nSPS) is 13.4. The molecule has 0 aliphatic heterocycles. The van der Waals surface area contributed by atoms with Crippen molar-refractivity contribution in [3.63, 3.8) is 0 Å². The van der Waals surface area contributed by atoms with Crippen molar-refractivity contribution in [3.05, 3.63) is 34.9 Å². The first-order valence-corrected chi connectivity index (χ1v) is 6.25. The summed E-state index contributed by atoms with van der Waals surface area (Å²) >= 11 is 0. The molecule has 0 radical (unpaired) electrons. The van der Waals surface area contributed by atoms with E-state index >= 15 is 0 Å². The molecule has 0 heterocycles. The number of aliphatic hydroxyl groups excluding tert-OH is 1. The van der Waals surface area contributed by atoms with Crippen molar-refractivity contribution < 1.29 is 9.90 Å². The molecule has 2 N–H and O–H groups in total. The monoisotopic (exact) mass is 249 g/mol. The van der Waals surface area contributed by atoms with Crippen LogP contribution in [0.25, 0.3) is 0 Å². The van der Waals surface area contributed by atoms with E-state index in [0.717, 1.165) is 11.1 Å². The molecular formula is C15H23NO2. The Morgan fingerprint density at radius 1 is 1.39 bits per heavy atom. The molecule has 0 aliphatic carbocycles. The molecule has 100 valence electrons. The molecule has 0 aromatic heterocycles. The number of benzene rings is 1. The topological polar surface area (TPSA) is 49.3 Å². The zero-order chi connectivity index (χ0) is 13.9. The summed E-state index contributed by atoms with van der Waals surface area (Å²) in [7, 11) is 1.72. The fourth-order valence-corrected chi connectivity index (χ4v) is 1.82. The minimum Gasteiger partial charge on any atom is -0.384 e. The van der Waals surface area contributed by atoms with Crippen molar-refractivity contribution in [3.8, 4) is 0 Å². The molecule has 0 saturated carbocycles. The standard InChI is InChI=1S/C15H23NO2/c1-10-6-7-11(15(2,3)4)8-12(10)14(18)13(17)9-16-5/h6-8,13,16-17H,9H2,1-5H3. The fourth-order valence-electron chi connectivity index (χ4n) is 1.82. The van der Waals surface area contributed by atoms with E-state index in [9.17, 15) is 9.90 Å². The van der Waals surface area contributed by atoms with Crippen LogP contribution in [0.15, 0.2) is 18.2 Å². The number of hydrogen-bond acceptors (Lipinski definition) is 3. The number of likely N-dealkylation sites (N-methyl/N-ethyl adjacent to an activating group) is 1. The van der Waals surface area contributed by atoms with Crippen LogP contribution in [0.3, 0.4) is 0 Å². The predicted octanol–water partition coefficient (Wildman–Crippen LogP) is 2.06. The number of aryl methyl sites for hydroxylation is 1. The lowest BCUT2D eigenvalue weighted by atomic mass is 9.84.